The van der Waals surface area contributed by atoms with Crippen molar-refractivity contribution in [1.29, 1.82) is 0 Å². The van der Waals surface area contributed by atoms with Crippen molar-refractivity contribution < 1.29 is 19.4 Å². The molecule has 9 heteroatoms. The van der Waals surface area contributed by atoms with Crippen molar-refractivity contribution in [2.75, 3.05) is 18.6 Å². The summed E-state index contributed by atoms with van der Waals surface area (Å²) in [5.74, 6) is 0.0213. The molecule has 1 aromatic carbocycles. The summed E-state index contributed by atoms with van der Waals surface area (Å²) in [5.41, 5.74) is 4.10. The van der Waals surface area contributed by atoms with Crippen LogP contribution in [0.1, 0.15) is 34.8 Å². The van der Waals surface area contributed by atoms with Gasteiger partial charge in [-0.3, -0.25) is 5.43 Å². The van der Waals surface area contributed by atoms with Crippen LogP contribution in [0.25, 0.3) is 0 Å². The number of nitrogens with zero attached hydrogens (tertiary/aromatic N) is 2. The largest absolute Gasteiger partial charge is 0.503 e. The van der Waals surface area contributed by atoms with Gasteiger partial charge in [-0.25, -0.2) is 9.78 Å². The maximum absolute atomic E-state index is 11.8. The Labute approximate surface area is 157 Å². The first-order chi connectivity index (χ1) is 12.0. The van der Waals surface area contributed by atoms with Gasteiger partial charge >= 0.3 is 5.97 Å². The molecule has 1 heterocycles. The quantitative estimate of drug-likeness (QED) is 0.394. The number of rotatable bonds is 7. The van der Waals surface area contributed by atoms with Crippen LogP contribution in [0.4, 0.5) is 5.13 Å². The Hall–Kier alpha value is -2.13. The lowest BCUT2D eigenvalue weighted by Crippen LogP contribution is -2.03. The molecule has 2 rings (SSSR count). The fourth-order valence-corrected chi connectivity index (χ4v) is 3.20. The first-order valence-electron chi connectivity index (χ1n) is 7.55. The van der Waals surface area contributed by atoms with E-state index >= 15 is 0 Å². The lowest BCUT2D eigenvalue weighted by molar-refractivity contribution is 0.0531. The zero-order valence-corrected chi connectivity index (χ0v) is 16.4. The molecule has 0 atom stereocenters. The molecule has 0 radical (unpaired) electrons. The van der Waals surface area contributed by atoms with E-state index in [1.54, 1.807) is 32.2 Å². The molecule has 2 aromatic rings. The van der Waals surface area contributed by atoms with E-state index in [0.717, 1.165) is 5.56 Å². The number of aromatic hydroxyl groups is 1. The number of aryl methyl sites for hydroxylation is 1. The Morgan fingerprint density at radius 2 is 2.20 bits per heavy atom. The Kier molecular flexibility index (Phi) is 6.77. The third-order valence-corrected chi connectivity index (χ3v) is 4.63. The zero-order chi connectivity index (χ0) is 18.4. The van der Waals surface area contributed by atoms with E-state index < -0.39 is 5.97 Å². The first kappa shape index (κ1) is 19.2. The van der Waals surface area contributed by atoms with E-state index in [1.165, 1.54) is 11.3 Å². The molecule has 7 nitrogen and oxygen atoms in total. The number of aromatic nitrogens is 1. The molecular weight excluding hydrogens is 410 g/mol. The standard InChI is InChI=1S/C16H18BrN3O4S/c1-4-23-12-7-10(6-11(17)13(12)21)8-18-20-16-19-9(3)14(25-16)15(22)24-5-2/h6-8,21H,4-5H2,1-3H3,(H,19,20)/b18-8-. The minimum atomic E-state index is -0.390. The summed E-state index contributed by atoms with van der Waals surface area (Å²) in [7, 11) is 0. The molecule has 0 fully saturated rings. The van der Waals surface area contributed by atoms with Crippen LogP contribution in [0.2, 0.25) is 0 Å². The molecule has 0 bridgehead atoms. The van der Waals surface area contributed by atoms with E-state index in [1.807, 2.05) is 6.92 Å². The van der Waals surface area contributed by atoms with Crippen molar-refractivity contribution in [2.45, 2.75) is 20.8 Å². The van der Waals surface area contributed by atoms with E-state index in [2.05, 4.69) is 31.4 Å². The fourth-order valence-electron chi connectivity index (χ4n) is 1.93. The topological polar surface area (TPSA) is 93.0 Å². The fraction of sp³-hybridized carbons (Fsp3) is 0.312. The van der Waals surface area contributed by atoms with Gasteiger partial charge in [0.1, 0.15) is 4.88 Å². The summed E-state index contributed by atoms with van der Waals surface area (Å²) in [4.78, 5) is 16.5. The minimum absolute atomic E-state index is 0.0431. The second kappa shape index (κ2) is 8.82. The predicted octanol–water partition coefficient (Wildman–Crippen LogP) is 3.94. The van der Waals surface area contributed by atoms with Crippen molar-refractivity contribution in [2.24, 2.45) is 5.10 Å². The highest BCUT2D eigenvalue weighted by atomic mass is 79.9. The number of hydrogen-bond donors (Lipinski definition) is 2. The SMILES string of the molecule is CCOC(=O)c1sc(N/N=C\c2cc(Br)c(O)c(OCC)c2)nc1C. The number of anilines is 1. The van der Waals surface area contributed by atoms with Gasteiger partial charge in [-0.2, -0.15) is 5.10 Å². The van der Waals surface area contributed by atoms with Crippen LogP contribution in [-0.2, 0) is 4.74 Å². The molecule has 0 aliphatic carbocycles. The number of phenols is 1. The van der Waals surface area contributed by atoms with Gasteiger partial charge in [0, 0.05) is 0 Å². The van der Waals surface area contributed by atoms with E-state index in [0.29, 0.717) is 39.1 Å². The highest BCUT2D eigenvalue weighted by Gasteiger charge is 2.16. The van der Waals surface area contributed by atoms with Crippen LogP contribution >= 0.6 is 27.3 Å². The highest BCUT2D eigenvalue weighted by Crippen LogP contribution is 2.35. The second-order valence-electron chi connectivity index (χ2n) is 4.81. The number of nitrogens with one attached hydrogen (secondary N) is 1. The van der Waals surface area contributed by atoms with Gasteiger partial charge < -0.3 is 14.6 Å². The molecule has 0 saturated heterocycles. The van der Waals surface area contributed by atoms with Gasteiger partial charge in [-0.1, -0.05) is 11.3 Å². The number of hydrogen-bond acceptors (Lipinski definition) is 8. The number of hydrazone groups is 1. The van der Waals surface area contributed by atoms with Gasteiger partial charge in [-0.15, -0.1) is 0 Å². The maximum Gasteiger partial charge on any atom is 0.350 e. The van der Waals surface area contributed by atoms with Crippen LogP contribution in [-0.4, -0.2) is 35.5 Å². The summed E-state index contributed by atoms with van der Waals surface area (Å²) < 4.78 is 10.9. The van der Waals surface area contributed by atoms with Crippen LogP contribution in [0.3, 0.4) is 0 Å². The molecule has 25 heavy (non-hydrogen) atoms. The molecule has 2 N–H and O–H groups in total. The first-order valence-corrected chi connectivity index (χ1v) is 9.16. The number of benzene rings is 1. The molecule has 0 aliphatic heterocycles. The van der Waals surface area contributed by atoms with Gasteiger partial charge in [0.2, 0.25) is 5.13 Å². The Bertz CT molecular complexity index is 792. The zero-order valence-electron chi connectivity index (χ0n) is 14.0. The van der Waals surface area contributed by atoms with Crippen LogP contribution < -0.4 is 10.2 Å². The number of thiazole rings is 1. The average Bonchev–Trinajstić information content (AvgIpc) is 2.93. The Morgan fingerprint density at radius 3 is 2.88 bits per heavy atom. The Morgan fingerprint density at radius 1 is 1.44 bits per heavy atom. The van der Waals surface area contributed by atoms with Gasteiger partial charge in [0.05, 0.1) is 29.6 Å². The molecule has 0 aliphatic rings. The van der Waals surface area contributed by atoms with E-state index in [4.69, 9.17) is 9.47 Å². The van der Waals surface area contributed by atoms with Crippen molar-refractivity contribution >= 4 is 44.6 Å². The van der Waals surface area contributed by atoms with Crippen molar-refractivity contribution in [3.05, 3.63) is 32.7 Å². The number of esters is 1. The Balaban J connectivity index is 2.11. The molecule has 0 unspecified atom stereocenters. The molecule has 0 amide bonds. The smallest absolute Gasteiger partial charge is 0.350 e. The third-order valence-electron chi connectivity index (χ3n) is 2.98. The number of ether oxygens (including phenoxy) is 2. The number of halogens is 1. The summed E-state index contributed by atoms with van der Waals surface area (Å²) in [5, 5.41) is 14.5. The number of carbonyl (C=O) groups excluding carboxylic acids is 1. The van der Waals surface area contributed by atoms with E-state index in [-0.39, 0.29) is 5.75 Å². The van der Waals surface area contributed by atoms with Gasteiger partial charge in [0.25, 0.3) is 0 Å². The van der Waals surface area contributed by atoms with Crippen LogP contribution in [0.15, 0.2) is 21.7 Å². The second-order valence-corrected chi connectivity index (χ2v) is 6.66. The molecule has 0 saturated carbocycles. The highest BCUT2D eigenvalue weighted by molar-refractivity contribution is 9.10. The molecule has 1 aromatic heterocycles. The molecule has 0 spiro atoms. The summed E-state index contributed by atoms with van der Waals surface area (Å²) in [6.45, 7) is 6.08. The van der Waals surface area contributed by atoms with Crippen molar-refractivity contribution in [3.8, 4) is 11.5 Å². The third kappa shape index (κ3) is 4.93. The number of phenolic OH excluding ortho intramolecular Hbond substituents is 1. The van der Waals surface area contributed by atoms with Crippen molar-refractivity contribution in [3.63, 3.8) is 0 Å². The number of carbonyl (C=O) groups is 1. The monoisotopic (exact) mass is 427 g/mol. The van der Waals surface area contributed by atoms with Crippen LogP contribution in [0, 0.1) is 6.92 Å². The van der Waals surface area contributed by atoms with Gasteiger partial charge in [0.15, 0.2) is 11.5 Å². The summed E-state index contributed by atoms with van der Waals surface area (Å²) in [6, 6.07) is 3.38. The molecular formula is C16H18BrN3O4S. The summed E-state index contributed by atoms with van der Waals surface area (Å²) >= 11 is 4.45. The minimum Gasteiger partial charge on any atom is -0.503 e. The van der Waals surface area contributed by atoms with Crippen molar-refractivity contribution in [1.82, 2.24) is 4.98 Å². The van der Waals surface area contributed by atoms with E-state index in [9.17, 15) is 9.90 Å². The summed E-state index contributed by atoms with van der Waals surface area (Å²) in [6.07, 6.45) is 1.56. The van der Waals surface area contributed by atoms with Crippen LogP contribution in [0.5, 0.6) is 11.5 Å². The normalized spacial score (nSPS) is 10.9. The predicted molar refractivity (Wildman–Crippen MR) is 101 cm³/mol. The average molecular weight is 428 g/mol. The molecule has 134 valence electrons. The maximum atomic E-state index is 11.8. The lowest BCUT2D eigenvalue weighted by Gasteiger charge is -2.08. The lowest BCUT2D eigenvalue weighted by atomic mass is 10.2. The van der Waals surface area contributed by atoms with Gasteiger partial charge in [-0.05, 0) is 54.4 Å².